The minimum Gasteiger partial charge on any atom is -0.320 e. The molecule has 0 aliphatic heterocycles. The average Bonchev–Trinajstić information content (AvgIpc) is 2.81. The molecule has 0 spiro atoms. The van der Waals surface area contributed by atoms with Crippen LogP contribution in [0.2, 0.25) is 0 Å². The van der Waals surface area contributed by atoms with E-state index in [9.17, 15) is 14.9 Å². The van der Waals surface area contributed by atoms with Crippen molar-refractivity contribution in [1.82, 2.24) is 14.8 Å². The number of carbonyl (C=O) groups excluding carboxylic acids is 1. The predicted molar refractivity (Wildman–Crippen MR) is 89.0 cm³/mol. The molecule has 1 amide bonds. The molecular weight excluding hydrogens is 310 g/mol. The van der Waals surface area contributed by atoms with Gasteiger partial charge in [0.1, 0.15) is 5.56 Å². The number of pyridine rings is 1. The summed E-state index contributed by atoms with van der Waals surface area (Å²) in [5, 5.41) is 19.0. The van der Waals surface area contributed by atoms with Gasteiger partial charge in [0.15, 0.2) is 5.65 Å². The van der Waals surface area contributed by atoms with Crippen LogP contribution in [-0.2, 0) is 7.05 Å². The van der Waals surface area contributed by atoms with E-state index >= 15 is 0 Å². The number of amides is 1. The number of nitrogens with one attached hydrogen (secondary N) is 1. The standard InChI is InChI=1S/C16H15N5O3/c1-9-5-4-6-12(14(9)21(23)24)16(22)18-11-7-13-10(2)19-20(3)15(13)17-8-11/h4-8H,1-3H3,(H,18,22). The van der Waals surface area contributed by atoms with E-state index in [2.05, 4.69) is 15.4 Å². The van der Waals surface area contributed by atoms with Crippen LogP contribution >= 0.6 is 0 Å². The van der Waals surface area contributed by atoms with Gasteiger partial charge in [-0.25, -0.2) is 4.98 Å². The number of aryl methyl sites for hydroxylation is 3. The van der Waals surface area contributed by atoms with E-state index in [1.54, 1.807) is 36.9 Å². The minimum absolute atomic E-state index is 0.0167. The van der Waals surface area contributed by atoms with Gasteiger partial charge in [-0.05, 0) is 26.0 Å². The molecule has 1 N–H and O–H groups in total. The summed E-state index contributed by atoms with van der Waals surface area (Å²) in [6.45, 7) is 3.45. The van der Waals surface area contributed by atoms with Gasteiger partial charge in [0.25, 0.3) is 11.6 Å². The summed E-state index contributed by atoms with van der Waals surface area (Å²) in [6, 6.07) is 6.40. The van der Waals surface area contributed by atoms with Crippen LogP contribution in [0, 0.1) is 24.0 Å². The van der Waals surface area contributed by atoms with Crippen molar-refractivity contribution in [3.8, 4) is 0 Å². The zero-order chi connectivity index (χ0) is 17.4. The van der Waals surface area contributed by atoms with Gasteiger partial charge in [-0.15, -0.1) is 0 Å². The number of nitro benzene ring substituents is 1. The first-order valence-electron chi connectivity index (χ1n) is 7.23. The van der Waals surface area contributed by atoms with E-state index in [1.165, 1.54) is 12.3 Å². The number of nitrogens with zero attached hydrogens (tertiary/aromatic N) is 4. The molecule has 0 saturated heterocycles. The molecule has 2 aromatic heterocycles. The van der Waals surface area contributed by atoms with Gasteiger partial charge in [-0.3, -0.25) is 19.6 Å². The quantitative estimate of drug-likeness (QED) is 0.589. The Morgan fingerprint density at radius 1 is 1.33 bits per heavy atom. The van der Waals surface area contributed by atoms with Gasteiger partial charge in [-0.2, -0.15) is 5.10 Å². The number of rotatable bonds is 3. The number of benzene rings is 1. The molecule has 0 aliphatic rings. The van der Waals surface area contributed by atoms with E-state index in [-0.39, 0.29) is 11.3 Å². The fraction of sp³-hybridized carbons (Fsp3) is 0.188. The smallest absolute Gasteiger partial charge is 0.285 e. The van der Waals surface area contributed by atoms with Gasteiger partial charge < -0.3 is 5.32 Å². The van der Waals surface area contributed by atoms with E-state index in [1.807, 2.05) is 6.92 Å². The van der Waals surface area contributed by atoms with E-state index in [0.717, 1.165) is 11.1 Å². The van der Waals surface area contributed by atoms with Gasteiger partial charge in [0.05, 0.1) is 22.5 Å². The Bertz CT molecular complexity index is 977. The number of para-hydroxylation sites is 1. The molecule has 0 bridgehead atoms. The van der Waals surface area contributed by atoms with Crippen LogP contribution in [0.5, 0.6) is 0 Å². The molecule has 8 nitrogen and oxygen atoms in total. The summed E-state index contributed by atoms with van der Waals surface area (Å²) >= 11 is 0. The highest BCUT2D eigenvalue weighted by Gasteiger charge is 2.22. The number of carbonyl (C=O) groups is 1. The zero-order valence-electron chi connectivity index (χ0n) is 13.4. The topological polar surface area (TPSA) is 103 Å². The molecule has 0 unspecified atom stereocenters. The lowest BCUT2D eigenvalue weighted by atomic mass is 10.1. The van der Waals surface area contributed by atoms with E-state index in [4.69, 9.17) is 0 Å². The van der Waals surface area contributed by atoms with Crippen molar-refractivity contribution in [3.05, 3.63) is 57.4 Å². The monoisotopic (exact) mass is 325 g/mol. The average molecular weight is 325 g/mol. The fourth-order valence-electron chi connectivity index (χ4n) is 2.66. The van der Waals surface area contributed by atoms with Gasteiger partial charge in [0.2, 0.25) is 0 Å². The van der Waals surface area contributed by atoms with E-state index in [0.29, 0.717) is 16.9 Å². The fourth-order valence-corrected chi connectivity index (χ4v) is 2.66. The maximum absolute atomic E-state index is 12.5. The Hall–Kier alpha value is -3.29. The Balaban J connectivity index is 1.97. The molecule has 0 fully saturated rings. The highest BCUT2D eigenvalue weighted by Crippen LogP contribution is 2.25. The maximum Gasteiger partial charge on any atom is 0.285 e. The second-order valence-electron chi connectivity index (χ2n) is 5.49. The van der Waals surface area contributed by atoms with Gasteiger partial charge in [0, 0.05) is 18.0 Å². The molecule has 1 aromatic carbocycles. The lowest BCUT2D eigenvalue weighted by Gasteiger charge is -2.07. The Morgan fingerprint density at radius 2 is 2.08 bits per heavy atom. The summed E-state index contributed by atoms with van der Waals surface area (Å²) < 4.78 is 1.65. The molecular formula is C16H15N5O3. The zero-order valence-corrected chi connectivity index (χ0v) is 13.4. The summed E-state index contributed by atoms with van der Waals surface area (Å²) in [6.07, 6.45) is 1.50. The third kappa shape index (κ3) is 2.58. The number of fused-ring (bicyclic) bond motifs is 1. The van der Waals surface area contributed by atoms with Crippen LogP contribution in [-0.4, -0.2) is 25.6 Å². The van der Waals surface area contributed by atoms with Crippen molar-refractivity contribution in [1.29, 1.82) is 0 Å². The van der Waals surface area contributed by atoms with Gasteiger partial charge >= 0.3 is 0 Å². The number of hydrogen-bond acceptors (Lipinski definition) is 5. The molecule has 0 saturated carbocycles. The highest BCUT2D eigenvalue weighted by molar-refractivity contribution is 6.07. The lowest BCUT2D eigenvalue weighted by molar-refractivity contribution is -0.385. The molecule has 2 heterocycles. The van der Waals surface area contributed by atoms with Gasteiger partial charge in [-0.1, -0.05) is 12.1 Å². The van der Waals surface area contributed by atoms with Crippen molar-refractivity contribution >= 4 is 28.3 Å². The second-order valence-corrected chi connectivity index (χ2v) is 5.49. The van der Waals surface area contributed by atoms with Crippen LogP contribution in [0.3, 0.4) is 0 Å². The summed E-state index contributed by atoms with van der Waals surface area (Å²) in [5.41, 5.74) is 2.21. The summed E-state index contributed by atoms with van der Waals surface area (Å²) in [7, 11) is 1.79. The largest absolute Gasteiger partial charge is 0.320 e. The normalized spacial score (nSPS) is 10.8. The van der Waals surface area contributed by atoms with Crippen LogP contribution in [0.25, 0.3) is 11.0 Å². The number of nitro groups is 1. The van der Waals surface area contributed by atoms with Crippen molar-refractivity contribution in [2.24, 2.45) is 7.05 Å². The SMILES string of the molecule is Cc1cccc(C(=O)Nc2cnc3c(c2)c(C)nn3C)c1[N+](=O)[O-]. The lowest BCUT2D eigenvalue weighted by Crippen LogP contribution is -2.14. The van der Waals surface area contributed by atoms with Crippen LogP contribution in [0.4, 0.5) is 11.4 Å². The van der Waals surface area contributed by atoms with Crippen molar-refractivity contribution in [2.45, 2.75) is 13.8 Å². The molecule has 122 valence electrons. The minimum atomic E-state index is -0.548. The highest BCUT2D eigenvalue weighted by atomic mass is 16.6. The van der Waals surface area contributed by atoms with E-state index < -0.39 is 10.8 Å². The Morgan fingerprint density at radius 3 is 2.79 bits per heavy atom. The van der Waals surface area contributed by atoms with Crippen LogP contribution in [0.1, 0.15) is 21.6 Å². The molecule has 0 radical (unpaired) electrons. The number of aromatic nitrogens is 3. The third-order valence-corrected chi connectivity index (χ3v) is 3.79. The Kier molecular flexibility index (Phi) is 3.72. The van der Waals surface area contributed by atoms with Crippen molar-refractivity contribution in [2.75, 3.05) is 5.32 Å². The Labute approximate surface area is 137 Å². The first-order valence-corrected chi connectivity index (χ1v) is 7.23. The predicted octanol–water partition coefficient (Wildman–Crippen LogP) is 2.75. The first-order chi connectivity index (χ1) is 11.4. The molecule has 3 rings (SSSR count). The maximum atomic E-state index is 12.5. The molecule has 24 heavy (non-hydrogen) atoms. The van der Waals surface area contributed by atoms with Crippen LogP contribution < -0.4 is 5.32 Å². The molecule has 8 heteroatoms. The molecule has 0 aliphatic carbocycles. The summed E-state index contributed by atoms with van der Waals surface area (Å²) in [4.78, 5) is 27.4. The number of hydrogen-bond donors (Lipinski definition) is 1. The third-order valence-electron chi connectivity index (χ3n) is 3.79. The summed E-state index contributed by atoms with van der Waals surface area (Å²) in [5.74, 6) is -0.548. The van der Waals surface area contributed by atoms with Crippen LogP contribution in [0.15, 0.2) is 30.5 Å². The second kappa shape index (κ2) is 5.73. The molecule has 3 aromatic rings. The molecule has 0 atom stereocenters. The number of anilines is 1. The van der Waals surface area contributed by atoms with Crippen molar-refractivity contribution < 1.29 is 9.72 Å². The van der Waals surface area contributed by atoms with Crippen molar-refractivity contribution in [3.63, 3.8) is 0 Å². The first kappa shape index (κ1) is 15.6.